The number of nitrogens with zero attached hydrogens (tertiary/aromatic N) is 1. The molecular formula is C48H91NO7P+. The fourth-order valence-corrected chi connectivity index (χ4v) is 6.99. The van der Waals surface area contributed by atoms with E-state index in [1.165, 1.54) is 128 Å². The van der Waals surface area contributed by atoms with Gasteiger partial charge in [0.1, 0.15) is 19.3 Å². The van der Waals surface area contributed by atoms with Gasteiger partial charge >= 0.3 is 13.8 Å². The van der Waals surface area contributed by atoms with Crippen LogP contribution in [0.4, 0.5) is 0 Å². The van der Waals surface area contributed by atoms with Crippen LogP contribution in [0.5, 0.6) is 0 Å². The second kappa shape index (κ2) is 41.2. The summed E-state index contributed by atoms with van der Waals surface area (Å²) in [5.41, 5.74) is 0. The van der Waals surface area contributed by atoms with Crippen molar-refractivity contribution in [3.8, 4) is 0 Å². The summed E-state index contributed by atoms with van der Waals surface area (Å²) in [6, 6.07) is 0. The molecule has 0 aromatic heterocycles. The SMILES string of the molecule is CCCCC/C=C\C/C=C\C/C=C\C/C=C\CCCC(=O)O[C@H](COCCCCCCCCCCCCCCCCCCCC)COP(=O)(O)OCC[N+](C)(C)C. The summed E-state index contributed by atoms with van der Waals surface area (Å²) in [5.74, 6) is -0.366. The first kappa shape index (κ1) is 55.5. The Labute approximate surface area is 352 Å². The number of carbonyl (C=O) groups is 1. The van der Waals surface area contributed by atoms with Crippen LogP contribution >= 0.6 is 7.82 Å². The number of hydrogen-bond acceptors (Lipinski definition) is 6. The molecule has 0 spiro atoms. The first-order valence-electron chi connectivity index (χ1n) is 23.4. The van der Waals surface area contributed by atoms with Gasteiger partial charge in [0.15, 0.2) is 0 Å². The van der Waals surface area contributed by atoms with Crippen molar-refractivity contribution >= 4 is 13.8 Å². The standard InChI is InChI=1S/C48H90NO7P/c1-6-8-10-12-14-16-18-20-22-24-26-28-30-32-34-36-38-40-43-53-45-47(46-55-57(51,52)54-44-42-49(3,4)5)56-48(50)41-39-37-35-33-31-29-27-25-23-21-19-17-15-13-11-9-7-2/h15,17,21,23,27,29,33,35,47H,6-14,16,18-20,22,24-26,28,30-32,34,36-46H2,1-5H3/p+1/b17-15-,23-21-,29-27-,35-33-/t47-/m1/s1. The zero-order chi connectivity index (χ0) is 42.0. The van der Waals surface area contributed by atoms with E-state index in [9.17, 15) is 14.3 Å². The summed E-state index contributed by atoms with van der Waals surface area (Å²) < 4.78 is 35.0. The largest absolute Gasteiger partial charge is 0.472 e. The van der Waals surface area contributed by atoms with E-state index in [0.717, 1.165) is 38.5 Å². The van der Waals surface area contributed by atoms with E-state index in [1.54, 1.807) is 0 Å². The maximum absolute atomic E-state index is 12.7. The van der Waals surface area contributed by atoms with Gasteiger partial charge < -0.3 is 18.9 Å². The summed E-state index contributed by atoms with van der Waals surface area (Å²) >= 11 is 0. The highest BCUT2D eigenvalue weighted by molar-refractivity contribution is 7.47. The van der Waals surface area contributed by atoms with Gasteiger partial charge in [-0.2, -0.15) is 0 Å². The Morgan fingerprint density at radius 1 is 0.544 bits per heavy atom. The van der Waals surface area contributed by atoms with E-state index in [-0.39, 0.29) is 32.2 Å². The number of phosphoric acid groups is 1. The first-order chi connectivity index (χ1) is 27.6. The Morgan fingerprint density at radius 2 is 0.965 bits per heavy atom. The second-order valence-corrected chi connectivity index (χ2v) is 18.2. The molecule has 0 amide bonds. The lowest BCUT2D eigenvalue weighted by Crippen LogP contribution is -2.37. The maximum atomic E-state index is 12.7. The van der Waals surface area contributed by atoms with E-state index in [1.807, 2.05) is 21.1 Å². The zero-order valence-corrected chi connectivity index (χ0v) is 38.7. The highest BCUT2D eigenvalue weighted by atomic mass is 31.2. The predicted molar refractivity (Wildman–Crippen MR) is 243 cm³/mol. The first-order valence-corrected chi connectivity index (χ1v) is 24.9. The summed E-state index contributed by atoms with van der Waals surface area (Å²) in [6.07, 6.45) is 50.1. The zero-order valence-electron chi connectivity index (χ0n) is 37.8. The molecule has 0 aliphatic heterocycles. The Hall–Kier alpha value is -1.54. The quantitative estimate of drug-likeness (QED) is 0.0215. The number of quaternary nitrogens is 1. The molecule has 0 radical (unpaired) electrons. The lowest BCUT2D eigenvalue weighted by atomic mass is 10.0. The fourth-order valence-electron chi connectivity index (χ4n) is 6.25. The summed E-state index contributed by atoms with van der Waals surface area (Å²) in [5, 5.41) is 0. The normalized spacial score (nSPS) is 14.1. The van der Waals surface area contributed by atoms with Crippen LogP contribution < -0.4 is 0 Å². The molecule has 1 N–H and O–H groups in total. The molecule has 0 aliphatic rings. The molecule has 9 heteroatoms. The molecule has 0 fully saturated rings. The lowest BCUT2D eigenvalue weighted by molar-refractivity contribution is -0.870. The van der Waals surface area contributed by atoms with Crippen LogP contribution in [-0.4, -0.2) is 75.6 Å². The minimum atomic E-state index is -4.29. The number of phosphoric ester groups is 1. The van der Waals surface area contributed by atoms with Crippen molar-refractivity contribution in [1.82, 2.24) is 0 Å². The third-order valence-corrected chi connectivity index (χ3v) is 10.9. The molecule has 0 heterocycles. The monoisotopic (exact) mass is 825 g/mol. The summed E-state index contributed by atoms with van der Waals surface area (Å²) in [7, 11) is 1.64. The molecule has 0 saturated heterocycles. The molecule has 0 aliphatic carbocycles. The van der Waals surface area contributed by atoms with Crippen LogP contribution in [-0.2, 0) is 27.9 Å². The highest BCUT2D eigenvalue weighted by Crippen LogP contribution is 2.43. The van der Waals surface area contributed by atoms with Gasteiger partial charge in [0.25, 0.3) is 0 Å². The van der Waals surface area contributed by atoms with Crippen LogP contribution in [0.15, 0.2) is 48.6 Å². The Balaban J connectivity index is 4.28. The molecule has 2 atom stereocenters. The summed E-state index contributed by atoms with van der Waals surface area (Å²) in [4.78, 5) is 22.9. The Morgan fingerprint density at radius 3 is 1.44 bits per heavy atom. The fraction of sp³-hybridized carbons (Fsp3) is 0.812. The van der Waals surface area contributed by atoms with Crippen molar-refractivity contribution in [2.24, 2.45) is 0 Å². The van der Waals surface area contributed by atoms with E-state index in [2.05, 4.69) is 62.5 Å². The number of likely N-dealkylation sites (N-methyl/N-ethyl adjacent to an activating group) is 1. The van der Waals surface area contributed by atoms with Gasteiger partial charge in [-0.25, -0.2) is 4.57 Å². The molecule has 8 nitrogen and oxygen atoms in total. The van der Waals surface area contributed by atoms with Gasteiger partial charge in [-0.3, -0.25) is 13.8 Å². The summed E-state index contributed by atoms with van der Waals surface area (Å²) in [6.45, 7) is 5.54. The van der Waals surface area contributed by atoms with Crippen molar-refractivity contribution < 1.29 is 37.3 Å². The third-order valence-electron chi connectivity index (χ3n) is 9.89. The van der Waals surface area contributed by atoms with Gasteiger partial charge in [-0.15, -0.1) is 0 Å². The minimum absolute atomic E-state index is 0.0784. The minimum Gasteiger partial charge on any atom is -0.457 e. The molecule has 0 bridgehead atoms. The molecule has 1 unspecified atom stereocenters. The smallest absolute Gasteiger partial charge is 0.457 e. The average Bonchev–Trinajstić information content (AvgIpc) is 3.16. The highest BCUT2D eigenvalue weighted by Gasteiger charge is 2.26. The van der Waals surface area contributed by atoms with E-state index in [0.29, 0.717) is 24.1 Å². The van der Waals surface area contributed by atoms with Crippen molar-refractivity contribution in [2.45, 2.75) is 200 Å². The maximum Gasteiger partial charge on any atom is 0.472 e. The number of esters is 1. The number of hydrogen-bond donors (Lipinski definition) is 1. The molecule has 57 heavy (non-hydrogen) atoms. The van der Waals surface area contributed by atoms with Crippen molar-refractivity contribution in [3.05, 3.63) is 48.6 Å². The second-order valence-electron chi connectivity index (χ2n) is 16.8. The van der Waals surface area contributed by atoms with Crippen molar-refractivity contribution in [2.75, 3.05) is 54.1 Å². The number of carbonyl (C=O) groups excluding carboxylic acids is 1. The van der Waals surface area contributed by atoms with Crippen LogP contribution in [0, 0.1) is 0 Å². The molecular weight excluding hydrogens is 734 g/mol. The average molecular weight is 825 g/mol. The van der Waals surface area contributed by atoms with Crippen molar-refractivity contribution in [3.63, 3.8) is 0 Å². The third kappa shape index (κ3) is 45.4. The van der Waals surface area contributed by atoms with Crippen LogP contribution in [0.2, 0.25) is 0 Å². The van der Waals surface area contributed by atoms with E-state index in [4.69, 9.17) is 18.5 Å². The molecule has 0 aromatic rings. The van der Waals surface area contributed by atoms with E-state index >= 15 is 0 Å². The number of unbranched alkanes of at least 4 members (excludes halogenated alkanes) is 21. The Bertz CT molecular complexity index is 1050. The predicted octanol–water partition coefficient (Wildman–Crippen LogP) is 13.9. The molecule has 334 valence electrons. The van der Waals surface area contributed by atoms with Gasteiger partial charge in [0, 0.05) is 13.0 Å². The van der Waals surface area contributed by atoms with Crippen LogP contribution in [0.1, 0.15) is 194 Å². The van der Waals surface area contributed by atoms with Gasteiger partial charge in [-0.05, 0) is 51.4 Å². The van der Waals surface area contributed by atoms with Gasteiger partial charge in [0.2, 0.25) is 0 Å². The van der Waals surface area contributed by atoms with Gasteiger partial charge in [-0.1, -0.05) is 184 Å². The number of allylic oxidation sites excluding steroid dienone is 8. The Kier molecular flexibility index (Phi) is 40.1. The number of ether oxygens (including phenoxy) is 2. The number of rotatable bonds is 43. The van der Waals surface area contributed by atoms with Gasteiger partial charge in [0.05, 0.1) is 34.4 Å². The molecule has 0 saturated carbocycles. The topological polar surface area (TPSA) is 91.3 Å². The molecule has 0 rings (SSSR count). The van der Waals surface area contributed by atoms with Crippen molar-refractivity contribution in [1.29, 1.82) is 0 Å². The van der Waals surface area contributed by atoms with Crippen LogP contribution in [0.3, 0.4) is 0 Å². The van der Waals surface area contributed by atoms with Crippen LogP contribution in [0.25, 0.3) is 0 Å². The lowest BCUT2D eigenvalue weighted by Gasteiger charge is -2.24. The molecule has 0 aromatic carbocycles. The van der Waals surface area contributed by atoms with E-state index < -0.39 is 13.9 Å².